The molecule has 0 aliphatic carbocycles. The SMILES string of the molecule is CN(CCO)CCCC1CCCN1. The highest BCUT2D eigenvalue weighted by Gasteiger charge is 2.12. The lowest BCUT2D eigenvalue weighted by Gasteiger charge is -2.16. The molecule has 1 heterocycles. The topological polar surface area (TPSA) is 35.5 Å². The van der Waals surface area contributed by atoms with Crippen LogP contribution in [0.1, 0.15) is 25.7 Å². The molecule has 1 aliphatic heterocycles. The third kappa shape index (κ3) is 4.60. The highest BCUT2D eigenvalue weighted by Crippen LogP contribution is 2.10. The van der Waals surface area contributed by atoms with E-state index in [1.807, 2.05) is 0 Å². The van der Waals surface area contributed by atoms with E-state index < -0.39 is 0 Å². The van der Waals surface area contributed by atoms with Gasteiger partial charge in [0.05, 0.1) is 6.61 Å². The van der Waals surface area contributed by atoms with Crippen LogP contribution < -0.4 is 5.32 Å². The average Bonchev–Trinajstić information content (AvgIpc) is 2.57. The molecule has 0 saturated carbocycles. The van der Waals surface area contributed by atoms with Gasteiger partial charge in [-0.15, -0.1) is 0 Å². The highest BCUT2D eigenvalue weighted by atomic mass is 16.3. The Morgan fingerprint density at radius 1 is 1.46 bits per heavy atom. The van der Waals surface area contributed by atoms with Crippen LogP contribution in [0.2, 0.25) is 0 Å². The molecule has 2 N–H and O–H groups in total. The second-order valence-electron chi connectivity index (χ2n) is 3.96. The van der Waals surface area contributed by atoms with E-state index >= 15 is 0 Å². The predicted molar refractivity (Wildman–Crippen MR) is 54.8 cm³/mol. The molecule has 1 aliphatic rings. The summed E-state index contributed by atoms with van der Waals surface area (Å²) in [6.45, 7) is 3.39. The molecule has 0 aromatic rings. The Hall–Kier alpha value is -0.120. The highest BCUT2D eigenvalue weighted by molar-refractivity contribution is 4.74. The summed E-state index contributed by atoms with van der Waals surface area (Å²) in [6, 6.07) is 0.766. The number of hydrogen-bond donors (Lipinski definition) is 2. The first-order chi connectivity index (χ1) is 6.33. The number of rotatable bonds is 6. The molecular weight excluding hydrogens is 164 g/mol. The van der Waals surface area contributed by atoms with Gasteiger partial charge in [-0.3, -0.25) is 0 Å². The molecule has 78 valence electrons. The molecule has 1 atom stereocenters. The number of aliphatic hydroxyl groups is 1. The minimum absolute atomic E-state index is 0.276. The summed E-state index contributed by atoms with van der Waals surface area (Å²) in [5.41, 5.74) is 0. The lowest BCUT2D eigenvalue weighted by Crippen LogP contribution is -2.26. The third-order valence-corrected chi connectivity index (χ3v) is 2.74. The number of hydrogen-bond acceptors (Lipinski definition) is 3. The molecule has 0 aromatic heterocycles. The maximum absolute atomic E-state index is 8.69. The van der Waals surface area contributed by atoms with Crippen LogP contribution in [0.15, 0.2) is 0 Å². The second kappa shape index (κ2) is 6.35. The average molecular weight is 186 g/mol. The Labute approximate surface area is 81.1 Å². The summed E-state index contributed by atoms with van der Waals surface area (Å²) in [5, 5.41) is 12.2. The van der Waals surface area contributed by atoms with Crippen LogP contribution in [0.5, 0.6) is 0 Å². The zero-order chi connectivity index (χ0) is 9.52. The molecule has 13 heavy (non-hydrogen) atoms. The lowest BCUT2D eigenvalue weighted by atomic mass is 10.1. The van der Waals surface area contributed by atoms with Crippen molar-refractivity contribution >= 4 is 0 Å². The van der Waals surface area contributed by atoms with Crippen molar-refractivity contribution < 1.29 is 5.11 Å². The van der Waals surface area contributed by atoms with Crippen molar-refractivity contribution in [3.63, 3.8) is 0 Å². The molecule has 0 amide bonds. The van der Waals surface area contributed by atoms with E-state index in [4.69, 9.17) is 5.11 Å². The molecule has 3 nitrogen and oxygen atoms in total. The molecule has 1 fully saturated rings. The number of aliphatic hydroxyl groups excluding tert-OH is 1. The monoisotopic (exact) mass is 186 g/mol. The zero-order valence-electron chi connectivity index (χ0n) is 8.63. The van der Waals surface area contributed by atoms with Crippen LogP contribution >= 0.6 is 0 Å². The largest absolute Gasteiger partial charge is 0.395 e. The van der Waals surface area contributed by atoms with Crippen molar-refractivity contribution in [3.05, 3.63) is 0 Å². The van der Waals surface area contributed by atoms with Crippen molar-refractivity contribution in [1.29, 1.82) is 0 Å². The standard InChI is InChI=1S/C10H22N2O/c1-12(8-9-13)7-3-5-10-4-2-6-11-10/h10-11,13H,2-9H2,1H3. The molecule has 0 bridgehead atoms. The smallest absolute Gasteiger partial charge is 0.0558 e. The fourth-order valence-electron chi connectivity index (χ4n) is 1.89. The summed E-state index contributed by atoms with van der Waals surface area (Å²) in [7, 11) is 2.07. The number of nitrogens with zero attached hydrogens (tertiary/aromatic N) is 1. The van der Waals surface area contributed by atoms with Gasteiger partial charge in [0, 0.05) is 12.6 Å². The molecule has 1 rings (SSSR count). The van der Waals surface area contributed by atoms with E-state index in [0.717, 1.165) is 19.1 Å². The van der Waals surface area contributed by atoms with Crippen molar-refractivity contribution in [2.24, 2.45) is 0 Å². The lowest BCUT2D eigenvalue weighted by molar-refractivity contribution is 0.218. The van der Waals surface area contributed by atoms with Gasteiger partial charge in [-0.1, -0.05) is 0 Å². The number of likely N-dealkylation sites (N-methyl/N-ethyl adjacent to an activating group) is 1. The van der Waals surface area contributed by atoms with E-state index in [1.54, 1.807) is 0 Å². The Morgan fingerprint density at radius 2 is 2.31 bits per heavy atom. The molecular formula is C10H22N2O. The Bertz CT molecular complexity index is 124. The summed E-state index contributed by atoms with van der Waals surface area (Å²) >= 11 is 0. The first kappa shape index (κ1) is 11.0. The van der Waals surface area contributed by atoms with Crippen molar-refractivity contribution in [2.45, 2.75) is 31.7 Å². The maximum atomic E-state index is 8.69. The fourth-order valence-corrected chi connectivity index (χ4v) is 1.89. The van der Waals surface area contributed by atoms with Gasteiger partial charge in [0.1, 0.15) is 0 Å². The minimum atomic E-state index is 0.276. The molecule has 0 spiro atoms. The molecule has 3 heteroatoms. The van der Waals surface area contributed by atoms with Gasteiger partial charge in [0.15, 0.2) is 0 Å². The summed E-state index contributed by atoms with van der Waals surface area (Å²) in [6.07, 6.45) is 5.23. The predicted octanol–water partition coefficient (Wildman–Crippen LogP) is 0.443. The van der Waals surface area contributed by atoms with E-state index in [9.17, 15) is 0 Å². The van der Waals surface area contributed by atoms with E-state index in [0.29, 0.717) is 0 Å². The molecule has 1 unspecified atom stereocenters. The van der Waals surface area contributed by atoms with Crippen LogP contribution in [0.4, 0.5) is 0 Å². The van der Waals surface area contributed by atoms with Crippen LogP contribution in [-0.2, 0) is 0 Å². The minimum Gasteiger partial charge on any atom is -0.395 e. The normalized spacial score (nSPS) is 22.8. The first-order valence-corrected chi connectivity index (χ1v) is 5.35. The van der Waals surface area contributed by atoms with Gasteiger partial charge >= 0.3 is 0 Å². The van der Waals surface area contributed by atoms with Crippen molar-refractivity contribution in [1.82, 2.24) is 10.2 Å². The Morgan fingerprint density at radius 3 is 2.92 bits per heavy atom. The van der Waals surface area contributed by atoms with E-state index in [-0.39, 0.29) is 6.61 Å². The van der Waals surface area contributed by atoms with Crippen LogP contribution in [-0.4, -0.2) is 49.3 Å². The second-order valence-corrected chi connectivity index (χ2v) is 3.96. The molecule has 0 aromatic carbocycles. The van der Waals surface area contributed by atoms with Crippen molar-refractivity contribution in [2.75, 3.05) is 33.3 Å². The zero-order valence-corrected chi connectivity index (χ0v) is 8.63. The third-order valence-electron chi connectivity index (χ3n) is 2.74. The molecule has 0 radical (unpaired) electrons. The Balaban J connectivity index is 1.93. The van der Waals surface area contributed by atoms with Gasteiger partial charge in [0.25, 0.3) is 0 Å². The Kier molecular flexibility index (Phi) is 5.35. The molecule has 1 saturated heterocycles. The quantitative estimate of drug-likeness (QED) is 0.632. The van der Waals surface area contributed by atoms with Gasteiger partial charge < -0.3 is 15.3 Å². The summed E-state index contributed by atoms with van der Waals surface area (Å²) in [4.78, 5) is 2.19. The van der Waals surface area contributed by atoms with Crippen LogP contribution in [0.3, 0.4) is 0 Å². The first-order valence-electron chi connectivity index (χ1n) is 5.35. The van der Waals surface area contributed by atoms with Crippen LogP contribution in [0, 0.1) is 0 Å². The van der Waals surface area contributed by atoms with E-state index in [1.165, 1.54) is 32.2 Å². The van der Waals surface area contributed by atoms with Gasteiger partial charge in [-0.05, 0) is 45.8 Å². The van der Waals surface area contributed by atoms with Crippen LogP contribution in [0.25, 0.3) is 0 Å². The van der Waals surface area contributed by atoms with Gasteiger partial charge in [-0.25, -0.2) is 0 Å². The summed E-state index contributed by atoms with van der Waals surface area (Å²) < 4.78 is 0. The maximum Gasteiger partial charge on any atom is 0.0558 e. The van der Waals surface area contributed by atoms with Crippen molar-refractivity contribution in [3.8, 4) is 0 Å². The number of nitrogens with one attached hydrogen (secondary N) is 1. The van der Waals surface area contributed by atoms with Gasteiger partial charge in [0.2, 0.25) is 0 Å². The fraction of sp³-hybridized carbons (Fsp3) is 1.00. The van der Waals surface area contributed by atoms with E-state index in [2.05, 4.69) is 17.3 Å². The van der Waals surface area contributed by atoms with Gasteiger partial charge in [-0.2, -0.15) is 0 Å². The summed E-state index contributed by atoms with van der Waals surface area (Å²) in [5.74, 6) is 0.